The van der Waals surface area contributed by atoms with E-state index in [0.29, 0.717) is 12.6 Å². The highest BCUT2D eigenvalue weighted by molar-refractivity contribution is 14.0. The minimum Gasteiger partial charge on any atom is -0.492 e. The average Bonchev–Trinajstić information content (AvgIpc) is 2.57. The molecule has 1 rings (SSSR count). The molecule has 1 N–H and O–H groups in total. The third-order valence-corrected chi connectivity index (χ3v) is 4.00. The standard InChI is InChI=1S/C18H32N4O.HI/c1-6-22(7-2)16(3)15-20-18(19-4)21(5)13-14-23-17-11-9-8-10-12-17;/h8-12,16H,6-7,13-15H2,1-5H3,(H,19,20);1H. The van der Waals surface area contributed by atoms with E-state index in [1.54, 1.807) is 0 Å². The fourth-order valence-corrected chi connectivity index (χ4v) is 2.52. The Bertz CT molecular complexity index is 452. The minimum absolute atomic E-state index is 0. The molecule has 0 bridgehead atoms. The van der Waals surface area contributed by atoms with Crippen LogP contribution in [0, 0.1) is 0 Å². The van der Waals surface area contributed by atoms with Crippen LogP contribution in [-0.2, 0) is 0 Å². The molecule has 0 spiro atoms. The molecule has 5 nitrogen and oxygen atoms in total. The number of nitrogens with one attached hydrogen (secondary N) is 1. The summed E-state index contributed by atoms with van der Waals surface area (Å²) in [5, 5.41) is 3.45. The molecule has 0 saturated heterocycles. The molecule has 1 unspecified atom stereocenters. The molecule has 0 amide bonds. The molecule has 1 aromatic rings. The van der Waals surface area contributed by atoms with Crippen molar-refractivity contribution in [1.29, 1.82) is 0 Å². The highest BCUT2D eigenvalue weighted by atomic mass is 127. The predicted molar refractivity (Wildman–Crippen MR) is 114 cm³/mol. The first-order valence-electron chi connectivity index (χ1n) is 8.46. The van der Waals surface area contributed by atoms with Crippen LogP contribution in [0.25, 0.3) is 0 Å². The lowest BCUT2D eigenvalue weighted by molar-refractivity contribution is 0.229. The van der Waals surface area contributed by atoms with Crippen LogP contribution in [0.2, 0.25) is 0 Å². The Morgan fingerprint density at radius 3 is 2.38 bits per heavy atom. The maximum absolute atomic E-state index is 5.74. The number of rotatable bonds is 9. The van der Waals surface area contributed by atoms with Crippen molar-refractivity contribution >= 4 is 29.9 Å². The summed E-state index contributed by atoms with van der Waals surface area (Å²) in [5.74, 6) is 1.81. The number of aliphatic imine (C=N–C) groups is 1. The number of benzene rings is 1. The predicted octanol–water partition coefficient (Wildman–Crippen LogP) is 2.92. The summed E-state index contributed by atoms with van der Waals surface area (Å²) in [7, 11) is 3.85. The zero-order valence-corrected chi connectivity index (χ0v) is 18.0. The smallest absolute Gasteiger partial charge is 0.193 e. The second-order valence-electron chi connectivity index (χ2n) is 5.58. The Labute approximate surface area is 164 Å². The van der Waals surface area contributed by atoms with Crippen molar-refractivity contribution in [2.24, 2.45) is 4.99 Å². The summed E-state index contributed by atoms with van der Waals surface area (Å²) in [6.07, 6.45) is 0. The van der Waals surface area contributed by atoms with Gasteiger partial charge in [-0.2, -0.15) is 0 Å². The molecule has 24 heavy (non-hydrogen) atoms. The lowest BCUT2D eigenvalue weighted by atomic mass is 10.3. The van der Waals surface area contributed by atoms with Crippen molar-refractivity contribution in [3.05, 3.63) is 30.3 Å². The van der Waals surface area contributed by atoms with Gasteiger partial charge in [-0.3, -0.25) is 9.89 Å². The normalized spacial score (nSPS) is 12.5. The maximum Gasteiger partial charge on any atom is 0.193 e. The Hall–Kier alpha value is -1.02. The van der Waals surface area contributed by atoms with Crippen molar-refractivity contribution in [3.63, 3.8) is 0 Å². The van der Waals surface area contributed by atoms with Crippen LogP contribution in [0.5, 0.6) is 5.75 Å². The molecule has 0 saturated carbocycles. The SMILES string of the molecule is CCN(CC)C(C)CNC(=NC)N(C)CCOc1ccccc1.I. The van der Waals surface area contributed by atoms with E-state index in [1.165, 1.54) is 0 Å². The fourth-order valence-electron chi connectivity index (χ4n) is 2.52. The van der Waals surface area contributed by atoms with Crippen molar-refractivity contribution < 1.29 is 4.74 Å². The Balaban J connectivity index is 0.00000529. The number of halogens is 1. The number of nitrogens with zero attached hydrogens (tertiary/aromatic N) is 3. The first-order valence-corrected chi connectivity index (χ1v) is 8.46. The van der Waals surface area contributed by atoms with Gasteiger partial charge in [0, 0.05) is 26.7 Å². The van der Waals surface area contributed by atoms with Gasteiger partial charge in [0.1, 0.15) is 12.4 Å². The van der Waals surface area contributed by atoms with Crippen LogP contribution in [0.15, 0.2) is 35.3 Å². The fraction of sp³-hybridized carbons (Fsp3) is 0.611. The van der Waals surface area contributed by atoms with Crippen molar-refractivity contribution in [2.75, 3.05) is 46.9 Å². The summed E-state index contributed by atoms with van der Waals surface area (Å²) >= 11 is 0. The Kier molecular flexibility index (Phi) is 12.7. The number of hydrogen-bond donors (Lipinski definition) is 1. The largest absolute Gasteiger partial charge is 0.492 e. The van der Waals surface area contributed by atoms with Crippen LogP contribution in [-0.4, -0.2) is 68.7 Å². The number of para-hydroxylation sites is 1. The molecule has 0 aliphatic carbocycles. The molecule has 0 radical (unpaired) electrons. The van der Waals surface area contributed by atoms with E-state index in [-0.39, 0.29) is 24.0 Å². The summed E-state index contributed by atoms with van der Waals surface area (Å²) < 4.78 is 5.74. The van der Waals surface area contributed by atoms with Gasteiger partial charge < -0.3 is 15.0 Å². The van der Waals surface area contributed by atoms with Gasteiger partial charge >= 0.3 is 0 Å². The molecule has 1 aromatic carbocycles. The van der Waals surface area contributed by atoms with Crippen LogP contribution in [0.4, 0.5) is 0 Å². The second kappa shape index (κ2) is 13.3. The van der Waals surface area contributed by atoms with E-state index in [4.69, 9.17) is 4.74 Å². The molecule has 0 aliphatic rings. The molecular weight excluding hydrogens is 415 g/mol. The highest BCUT2D eigenvalue weighted by Gasteiger charge is 2.12. The molecule has 138 valence electrons. The van der Waals surface area contributed by atoms with Crippen molar-refractivity contribution in [2.45, 2.75) is 26.8 Å². The number of likely N-dealkylation sites (N-methyl/N-ethyl adjacent to an activating group) is 2. The minimum atomic E-state index is 0. The van der Waals surface area contributed by atoms with E-state index in [2.05, 4.69) is 40.9 Å². The van der Waals surface area contributed by atoms with Crippen LogP contribution in [0.3, 0.4) is 0 Å². The van der Waals surface area contributed by atoms with Crippen molar-refractivity contribution in [3.8, 4) is 5.75 Å². The summed E-state index contributed by atoms with van der Waals surface area (Å²) in [5.41, 5.74) is 0. The lowest BCUT2D eigenvalue weighted by Crippen LogP contribution is -2.47. The zero-order valence-electron chi connectivity index (χ0n) is 15.7. The van der Waals surface area contributed by atoms with Gasteiger partial charge in [-0.15, -0.1) is 24.0 Å². The molecule has 0 aromatic heterocycles. The summed E-state index contributed by atoms with van der Waals surface area (Å²) in [4.78, 5) is 8.88. The van der Waals surface area contributed by atoms with E-state index in [1.807, 2.05) is 44.4 Å². The van der Waals surface area contributed by atoms with E-state index in [0.717, 1.165) is 37.9 Å². The first kappa shape index (κ1) is 23.0. The van der Waals surface area contributed by atoms with Crippen molar-refractivity contribution in [1.82, 2.24) is 15.1 Å². The van der Waals surface area contributed by atoms with E-state index < -0.39 is 0 Å². The Morgan fingerprint density at radius 2 is 1.83 bits per heavy atom. The maximum atomic E-state index is 5.74. The van der Waals surface area contributed by atoms with Gasteiger partial charge in [-0.1, -0.05) is 32.0 Å². The van der Waals surface area contributed by atoms with Gasteiger partial charge in [0.2, 0.25) is 0 Å². The van der Waals surface area contributed by atoms with Gasteiger partial charge in [0.15, 0.2) is 5.96 Å². The van der Waals surface area contributed by atoms with E-state index >= 15 is 0 Å². The number of guanidine groups is 1. The molecular formula is C18H33IN4O. The first-order chi connectivity index (χ1) is 11.1. The number of hydrogen-bond acceptors (Lipinski definition) is 3. The number of ether oxygens (including phenoxy) is 1. The Morgan fingerprint density at radius 1 is 1.21 bits per heavy atom. The average molecular weight is 448 g/mol. The van der Waals surface area contributed by atoms with Crippen LogP contribution >= 0.6 is 24.0 Å². The molecule has 0 heterocycles. The lowest BCUT2D eigenvalue weighted by Gasteiger charge is -2.29. The molecule has 0 fully saturated rings. The third kappa shape index (κ3) is 8.19. The van der Waals surface area contributed by atoms with Gasteiger partial charge in [-0.05, 0) is 32.1 Å². The molecule has 6 heteroatoms. The van der Waals surface area contributed by atoms with Gasteiger partial charge in [0.25, 0.3) is 0 Å². The van der Waals surface area contributed by atoms with E-state index in [9.17, 15) is 0 Å². The summed E-state index contributed by atoms with van der Waals surface area (Å²) in [6, 6.07) is 10.4. The monoisotopic (exact) mass is 448 g/mol. The zero-order chi connectivity index (χ0) is 17.1. The quantitative estimate of drug-likeness (QED) is 0.358. The van der Waals surface area contributed by atoms with Gasteiger partial charge in [-0.25, -0.2) is 0 Å². The van der Waals surface area contributed by atoms with Crippen LogP contribution < -0.4 is 10.1 Å². The summed E-state index contributed by atoms with van der Waals surface area (Å²) in [6.45, 7) is 11.1. The van der Waals surface area contributed by atoms with Crippen LogP contribution in [0.1, 0.15) is 20.8 Å². The molecule has 1 atom stereocenters. The van der Waals surface area contributed by atoms with Gasteiger partial charge in [0.05, 0.1) is 6.54 Å². The highest BCUT2D eigenvalue weighted by Crippen LogP contribution is 2.07. The topological polar surface area (TPSA) is 40.1 Å². The molecule has 0 aliphatic heterocycles. The third-order valence-electron chi connectivity index (χ3n) is 4.00. The second-order valence-corrected chi connectivity index (χ2v) is 5.58.